The second-order valence-corrected chi connectivity index (χ2v) is 27.5. The van der Waals surface area contributed by atoms with Crippen molar-refractivity contribution in [1.82, 2.24) is 14.2 Å². The summed E-state index contributed by atoms with van der Waals surface area (Å²) in [5, 5.41) is 77.1. The van der Waals surface area contributed by atoms with Gasteiger partial charge in [0.2, 0.25) is 0 Å². The van der Waals surface area contributed by atoms with Crippen LogP contribution in [-0.4, -0.2) is 331 Å². The average Bonchev–Trinajstić information content (AvgIpc) is 0.767. The molecular weight excluding hydrogens is 1450 g/mol. The highest BCUT2D eigenvalue weighted by Crippen LogP contribution is 2.38. The lowest BCUT2D eigenvalue weighted by atomic mass is 9.94. The van der Waals surface area contributed by atoms with Crippen LogP contribution in [0.3, 0.4) is 0 Å². The van der Waals surface area contributed by atoms with Crippen LogP contribution in [0, 0.1) is 0 Å². The van der Waals surface area contributed by atoms with Crippen molar-refractivity contribution in [3.63, 3.8) is 0 Å². The number of ether oxygens (including phenoxy) is 10. The van der Waals surface area contributed by atoms with Gasteiger partial charge in [-0.15, -0.1) is 0 Å². The van der Waals surface area contributed by atoms with Crippen LogP contribution in [0.25, 0.3) is 0 Å². The number of carbonyl (C=O) groups excluding carboxylic acids is 1. The third-order valence-electron chi connectivity index (χ3n) is 12.3. The van der Waals surface area contributed by atoms with Crippen molar-refractivity contribution in [3.05, 3.63) is 0 Å². The Balaban J connectivity index is 1.60. The van der Waals surface area contributed by atoms with Crippen molar-refractivity contribution in [2.24, 2.45) is 0 Å². The summed E-state index contributed by atoms with van der Waals surface area (Å²) < 4.78 is 346. The lowest BCUT2D eigenvalue weighted by molar-refractivity contribution is -0.371. The zero-order chi connectivity index (χ0) is 69.4. The molecule has 0 aromatic carbocycles. The number of ketones is 1. The second kappa shape index (κ2) is 29.8. The van der Waals surface area contributed by atoms with Gasteiger partial charge in [-0.1, -0.05) is 0 Å². The summed E-state index contributed by atoms with van der Waals surface area (Å²) in [6.45, 7) is -5.17. The molecule has 5 saturated heterocycles. The Morgan fingerprint density at radius 2 is 0.791 bits per heavy atom. The number of hydrogen-bond acceptors (Lipinski definition) is 39. The van der Waals surface area contributed by atoms with Crippen LogP contribution >= 0.6 is 0 Å². The molecule has 91 heavy (non-hydrogen) atoms. The van der Waals surface area contributed by atoms with Gasteiger partial charge in [-0.05, 0) is 0 Å². The molecule has 0 saturated carbocycles. The molecule has 0 spiro atoms. The summed E-state index contributed by atoms with van der Waals surface area (Å²) in [6.07, 6.45) is -61.7. The first-order valence-electron chi connectivity index (χ1n) is 23.4. The van der Waals surface area contributed by atoms with E-state index in [2.05, 4.69) is 20.9 Å². The van der Waals surface area contributed by atoms with Crippen LogP contribution in [0.2, 0.25) is 0 Å². The van der Waals surface area contributed by atoms with E-state index in [1.54, 1.807) is 0 Å². The average molecular weight is 1510 g/mol. The zero-order valence-electron chi connectivity index (χ0n) is 43.8. The van der Waals surface area contributed by atoms with Gasteiger partial charge in [-0.2, -0.15) is 81.5 Å². The van der Waals surface area contributed by atoms with E-state index in [1.165, 1.54) is 9.44 Å². The van der Waals surface area contributed by atoms with Gasteiger partial charge < -0.3 is 83.1 Å². The Hall–Kier alpha value is -3.03. The Kier molecular flexibility index (Phi) is 25.7. The third-order valence-corrected chi connectivity index (χ3v) is 16.2. The predicted molar refractivity (Wildman–Crippen MR) is 261 cm³/mol. The normalized spacial score (nSPS) is 37.8. The molecule has 0 aromatic heterocycles. The van der Waals surface area contributed by atoms with Crippen molar-refractivity contribution in [1.29, 1.82) is 0 Å². The van der Waals surface area contributed by atoms with Gasteiger partial charge >= 0.3 is 94.8 Å². The fourth-order valence-electron chi connectivity index (χ4n) is 8.85. The Morgan fingerprint density at radius 3 is 1.24 bits per heavy atom. The predicted octanol–water partition coefficient (Wildman–Crippen LogP) is -13.5. The van der Waals surface area contributed by atoms with E-state index in [-0.39, 0.29) is 0 Å². The lowest BCUT2D eigenvalue weighted by Crippen LogP contribution is -2.71. The fraction of sp³-hybridized carbons (Fsp3) is 0.903. The van der Waals surface area contributed by atoms with Gasteiger partial charge in [0.05, 0.1) is 13.2 Å². The minimum absolute atomic E-state index is 0.733. The maximum absolute atomic E-state index is 13.0. The second-order valence-electron chi connectivity index (χ2n) is 18.5. The fourth-order valence-corrected chi connectivity index (χ4v) is 12.5. The van der Waals surface area contributed by atoms with E-state index in [9.17, 15) is 149 Å². The molecule has 532 valence electrons. The largest absolute Gasteiger partial charge is 0.479 e. The summed E-state index contributed by atoms with van der Waals surface area (Å²) in [6, 6.07) is -8.28. The number of aliphatic hydroxyl groups is 5. The van der Waals surface area contributed by atoms with Gasteiger partial charge in [-0.3, -0.25) is 41.2 Å². The number of carboxylic acids is 2. The maximum Gasteiger partial charge on any atom is 0.397 e. The van der Waals surface area contributed by atoms with Crippen LogP contribution in [-0.2, 0) is 166 Å². The number of hydrogen-bond donors (Lipinski definition) is 18. The molecule has 0 amide bonds. The number of nitrogens with one attached hydrogen (secondary N) is 3. The van der Waals surface area contributed by atoms with Gasteiger partial charge in [0, 0.05) is 7.11 Å². The topological polar surface area (TPSA) is 802 Å². The number of Topliss-reactive ketones (excluding diaryl/α,β-unsaturated/α-hetero) is 1. The first kappa shape index (κ1) is 78.7. The molecule has 24 atom stereocenters. The zero-order valence-corrected chi connectivity index (χ0v) is 50.4. The molecule has 0 aromatic rings. The van der Waals surface area contributed by atoms with E-state index in [1.807, 2.05) is 0 Å². The molecule has 0 radical (unpaired) electrons. The molecule has 60 heteroatoms. The van der Waals surface area contributed by atoms with E-state index in [0.717, 1.165) is 11.8 Å². The molecule has 0 bridgehead atoms. The van der Waals surface area contributed by atoms with Crippen LogP contribution in [0.1, 0.15) is 0 Å². The summed E-state index contributed by atoms with van der Waals surface area (Å²) in [5.41, 5.74) is 0. The minimum Gasteiger partial charge on any atom is -0.479 e. The smallest absolute Gasteiger partial charge is 0.397 e. The maximum atomic E-state index is 13.0. The van der Waals surface area contributed by atoms with Gasteiger partial charge in [-0.25, -0.2) is 30.5 Å². The number of aliphatic hydroxyl groups excluding tert-OH is 5. The van der Waals surface area contributed by atoms with Crippen molar-refractivity contribution in [2.75, 3.05) is 26.9 Å². The summed E-state index contributed by atoms with van der Waals surface area (Å²) in [7, 11) is -46.0. The molecule has 0 aliphatic carbocycles. The summed E-state index contributed by atoms with van der Waals surface area (Å²) >= 11 is 0. The molecule has 18 N–H and O–H groups in total. The molecule has 5 aliphatic heterocycles. The number of methoxy groups -OCH3 is 1. The molecule has 5 rings (SSSR count). The minimum atomic E-state index is -6.36. The first-order chi connectivity index (χ1) is 41.2. The van der Waals surface area contributed by atoms with Crippen LogP contribution < -0.4 is 14.2 Å². The SMILES string of the molecule is CO[C@H]1O[C@H](COS(=O)(=O)O)[C@@H](O[C@@H]2O[C@@H](C(=O)O)[C@@H](O[C@H]3O[C@H](COS(=O)(=O)O)[C@@H](O[C@@H]4O[C@H](C(=O)O)[C@@H](O[C@H]5O[C@H](COS(=O)(=O)O)C(=O)[C@H](O)[C@H]5NS(=O)(=O)O)[C@H](O)[C@H]4O)[C@H](OS(=O)(=O)O)[C@H]3NS(=O)(=O)O)[C@H](O)[C@H]2OS(=O)(=O)O)[C@H](O)[C@H]1NS(=O)(=O)O. The van der Waals surface area contributed by atoms with Gasteiger partial charge in [0.25, 0.3) is 0 Å². The van der Waals surface area contributed by atoms with Crippen molar-refractivity contribution < 1.29 is 222 Å². The Morgan fingerprint density at radius 1 is 0.407 bits per heavy atom. The van der Waals surface area contributed by atoms with Crippen LogP contribution in [0.4, 0.5) is 0 Å². The highest BCUT2D eigenvalue weighted by molar-refractivity contribution is 7.84. The van der Waals surface area contributed by atoms with Crippen molar-refractivity contribution in [3.8, 4) is 0 Å². The highest BCUT2D eigenvalue weighted by Gasteiger charge is 2.61. The quantitative estimate of drug-likeness (QED) is 0.0297. The van der Waals surface area contributed by atoms with Crippen molar-refractivity contribution in [2.45, 2.75) is 147 Å². The Labute approximate surface area is 509 Å². The van der Waals surface area contributed by atoms with E-state index >= 15 is 0 Å². The van der Waals surface area contributed by atoms with Crippen molar-refractivity contribution >= 4 is 101 Å². The number of rotatable bonds is 30. The highest BCUT2D eigenvalue weighted by atomic mass is 32.3. The summed E-state index contributed by atoms with van der Waals surface area (Å²) in [4.78, 5) is 38.6. The first-order valence-corrected chi connectivity index (χ1v) is 34.5. The summed E-state index contributed by atoms with van der Waals surface area (Å²) in [5.74, 6) is -6.65. The lowest BCUT2D eigenvalue weighted by Gasteiger charge is -2.50. The molecular formula is C31H51N3O49S8. The van der Waals surface area contributed by atoms with E-state index < -0.39 is 268 Å². The van der Waals surface area contributed by atoms with Gasteiger partial charge in [0.15, 0.2) is 55.5 Å². The Bertz CT molecular complexity index is 3540. The monoisotopic (exact) mass is 1500 g/mol. The third kappa shape index (κ3) is 22.8. The molecule has 52 nitrogen and oxygen atoms in total. The molecule has 0 unspecified atom stereocenters. The molecule has 5 fully saturated rings. The van der Waals surface area contributed by atoms with E-state index in [4.69, 9.17) is 51.9 Å². The van der Waals surface area contributed by atoms with Gasteiger partial charge in [0.1, 0.15) is 104 Å². The number of carboxylic acid groups (broad SMARTS) is 2. The van der Waals surface area contributed by atoms with Crippen LogP contribution in [0.15, 0.2) is 0 Å². The van der Waals surface area contributed by atoms with Crippen LogP contribution in [0.5, 0.6) is 0 Å². The number of carbonyl (C=O) groups is 3. The standard InChI is InChI=1S/C31H51N3O49S8/c1-69-27-9(33-85(48,49)50)13(37)17(6(74-27)3-71-88(57,58)59)76-31-22(83-91(66,67)68)16(40)21(24(81-31)26(43)44)79-29-10(34-86(51,52)53)19(82-90(63,64)65)18(7(75-29)4-72-89(60,61)62)77-30-15(39)14(38)20(23(80-30)25(41)42)78-28-8(32-84(45,46)47)12(36)11(35)5(73-28)2-70-87(54,55)56/h5-10,12-24,27-34,36-40H,2-4H2,1H3,(H,41,42)(H,43,44)(H,45,46,47)(H,48,49,50)(H,51,52,53)(H,54,55,56)(H,57,58,59)(H,60,61,62)(H,63,64,65)(H,66,67,68)/t5-,6-,7-,8-,9-,10-,12-,13-,14-,15-,16+,17-,18-,19-,20+,21+,22-,23+,24-,27+,28-,29-,30-,31-/m1/s1. The van der Waals surface area contributed by atoms with E-state index in [0.29, 0.717) is 0 Å². The number of aliphatic carboxylic acids is 2. The molecule has 5 aliphatic rings. The molecule has 5 heterocycles.